The van der Waals surface area contributed by atoms with Crippen LogP contribution in [0.1, 0.15) is 29.6 Å². The van der Waals surface area contributed by atoms with E-state index in [2.05, 4.69) is 47.3 Å². The summed E-state index contributed by atoms with van der Waals surface area (Å²) < 4.78 is 5.49. The van der Waals surface area contributed by atoms with E-state index in [4.69, 9.17) is 4.74 Å². The van der Waals surface area contributed by atoms with Gasteiger partial charge < -0.3 is 10.1 Å². The van der Waals surface area contributed by atoms with Gasteiger partial charge in [-0.05, 0) is 36.7 Å². The lowest BCUT2D eigenvalue weighted by molar-refractivity contribution is 0.123. The Labute approximate surface area is 123 Å². The average molecular weight is 295 g/mol. The molecule has 1 N–H and O–H groups in total. The topological polar surface area (TPSA) is 21.3 Å². The largest absolute Gasteiger partial charge is 0.380 e. The van der Waals surface area contributed by atoms with Crippen molar-refractivity contribution in [1.82, 2.24) is 5.32 Å². The molecule has 2 nitrogen and oxygen atoms in total. The van der Waals surface area contributed by atoms with Crippen LogP contribution in [0.5, 0.6) is 0 Å². The zero-order valence-electron chi connectivity index (χ0n) is 11.5. The second kappa shape index (κ2) is 7.80. The molecule has 0 aliphatic heterocycles. The van der Waals surface area contributed by atoms with Crippen LogP contribution in [0.25, 0.3) is 0 Å². The number of thiophene rings is 2. The minimum Gasteiger partial charge on any atom is -0.380 e. The van der Waals surface area contributed by atoms with Gasteiger partial charge in [-0.3, -0.25) is 0 Å². The minimum atomic E-state index is 0.368. The molecule has 0 amide bonds. The number of hydrogen-bond donors (Lipinski definition) is 1. The van der Waals surface area contributed by atoms with Gasteiger partial charge in [-0.25, -0.2) is 0 Å². The molecule has 2 atom stereocenters. The number of nitrogens with one attached hydrogen (secondary N) is 1. The first-order chi connectivity index (χ1) is 9.29. The molecule has 2 heterocycles. The highest BCUT2D eigenvalue weighted by Crippen LogP contribution is 2.25. The Morgan fingerprint density at radius 2 is 2.00 bits per heavy atom. The summed E-state index contributed by atoms with van der Waals surface area (Å²) in [5.74, 6) is 0. The molecule has 2 rings (SSSR count). The summed E-state index contributed by atoms with van der Waals surface area (Å²) in [4.78, 5) is 2.83. The molecule has 2 unspecified atom stereocenters. The van der Waals surface area contributed by atoms with Gasteiger partial charge in [0.2, 0.25) is 0 Å². The Morgan fingerprint density at radius 1 is 1.21 bits per heavy atom. The zero-order valence-corrected chi connectivity index (χ0v) is 13.1. The van der Waals surface area contributed by atoms with E-state index < -0.39 is 0 Å². The Hall–Kier alpha value is -0.680. The van der Waals surface area contributed by atoms with E-state index in [9.17, 15) is 0 Å². The first-order valence-electron chi connectivity index (χ1n) is 6.69. The van der Waals surface area contributed by atoms with E-state index in [1.807, 2.05) is 29.6 Å². The highest BCUT2D eigenvalue weighted by molar-refractivity contribution is 7.10. The van der Waals surface area contributed by atoms with Crippen molar-refractivity contribution >= 4 is 22.7 Å². The van der Waals surface area contributed by atoms with Crippen LogP contribution in [0.2, 0.25) is 0 Å². The van der Waals surface area contributed by atoms with Gasteiger partial charge in [0.15, 0.2) is 0 Å². The Balaban J connectivity index is 1.98. The first kappa shape index (κ1) is 14.7. The highest BCUT2D eigenvalue weighted by Gasteiger charge is 2.16. The van der Waals surface area contributed by atoms with Crippen molar-refractivity contribution in [3.05, 3.63) is 44.8 Å². The maximum absolute atomic E-state index is 5.49. The van der Waals surface area contributed by atoms with Crippen LogP contribution >= 0.6 is 22.7 Å². The fourth-order valence-corrected chi connectivity index (χ4v) is 3.59. The summed E-state index contributed by atoms with van der Waals surface area (Å²) in [6, 6.07) is 9.41. The molecular formula is C15H21NOS2. The maximum Gasteiger partial charge on any atom is 0.0616 e. The van der Waals surface area contributed by atoms with E-state index in [-0.39, 0.29) is 0 Å². The van der Waals surface area contributed by atoms with E-state index in [0.717, 1.165) is 19.6 Å². The monoisotopic (exact) mass is 295 g/mol. The molecule has 0 saturated carbocycles. The average Bonchev–Trinajstić information content (AvgIpc) is 3.08. The third kappa shape index (κ3) is 4.73. The summed E-state index contributed by atoms with van der Waals surface area (Å²) in [6.45, 7) is 5.77. The second-order valence-electron chi connectivity index (χ2n) is 4.58. The van der Waals surface area contributed by atoms with Crippen LogP contribution in [-0.2, 0) is 11.2 Å². The number of hydrogen-bond acceptors (Lipinski definition) is 4. The Morgan fingerprint density at radius 3 is 2.63 bits per heavy atom. The van der Waals surface area contributed by atoms with Crippen LogP contribution in [0.4, 0.5) is 0 Å². The van der Waals surface area contributed by atoms with Gasteiger partial charge in [-0.15, -0.1) is 22.7 Å². The van der Waals surface area contributed by atoms with Crippen LogP contribution in [-0.4, -0.2) is 19.3 Å². The summed E-state index contributed by atoms with van der Waals surface area (Å²) in [6.07, 6.45) is 1.05. The van der Waals surface area contributed by atoms with Gasteiger partial charge in [0.05, 0.1) is 6.61 Å². The SMILES string of the molecule is CCOCC(C)NC(Cc1cccs1)c1cccs1. The lowest BCUT2D eigenvalue weighted by Gasteiger charge is -2.22. The van der Waals surface area contributed by atoms with E-state index in [1.54, 1.807) is 0 Å². The second-order valence-corrected chi connectivity index (χ2v) is 6.59. The molecule has 0 aliphatic carbocycles. The Kier molecular flexibility index (Phi) is 6.04. The standard InChI is InChI=1S/C15H21NOS2/c1-3-17-11-12(2)16-14(15-7-5-9-19-15)10-13-6-4-8-18-13/h4-9,12,14,16H,3,10-11H2,1-2H3. The van der Waals surface area contributed by atoms with Crippen LogP contribution in [0.15, 0.2) is 35.0 Å². The minimum absolute atomic E-state index is 0.368. The van der Waals surface area contributed by atoms with Gasteiger partial charge in [-0.1, -0.05) is 12.1 Å². The molecule has 0 fully saturated rings. The van der Waals surface area contributed by atoms with E-state index in [0.29, 0.717) is 12.1 Å². The van der Waals surface area contributed by atoms with Crippen molar-refractivity contribution in [3.63, 3.8) is 0 Å². The summed E-state index contributed by atoms with van der Waals surface area (Å²) in [5, 5.41) is 7.97. The van der Waals surface area contributed by atoms with Crippen LogP contribution in [0.3, 0.4) is 0 Å². The molecule has 104 valence electrons. The van der Waals surface area contributed by atoms with Crippen molar-refractivity contribution in [2.24, 2.45) is 0 Å². The molecule has 0 saturated heterocycles. The molecular weight excluding hydrogens is 274 g/mol. The fraction of sp³-hybridized carbons (Fsp3) is 0.467. The molecule has 0 bridgehead atoms. The van der Waals surface area contributed by atoms with Crippen molar-refractivity contribution < 1.29 is 4.74 Å². The molecule has 0 aromatic carbocycles. The molecule has 4 heteroatoms. The molecule has 0 spiro atoms. The number of rotatable bonds is 8. The molecule has 0 radical (unpaired) electrons. The van der Waals surface area contributed by atoms with E-state index in [1.165, 1.54) is 9.75 Å². The van der Waals surface area contributed by atoms with Gasteiger partial charge in [-0.2, -0.15) is 0 Å². The lowest BCUT2D eigenvalue weighted by Crippen LogP contribution is -2.34. The van der Waals surface area contributed by atoms with Gasteiger partial charge >= 0.3 is 0 Å². The summed E-state index contributed by atoms with van der Waals surface area (Å²) in [7, 11) is 0. The van der Waals surface area contributed by atoms with Gasteiger partial charge in [0.1, 0.15) is 0 Å². The summed E-state index contributed by atoms with van der Waals surface area (Å²) in [5.41, 5.74) is 0. The fourth-order valence-electron chi connectivity index (χ4n) is 2.05. The van der Waals surface area contributed by atoms with Crippen molar-refractivity contribution in [3.8, 4) is 0 Å². The lowest BCUT2D eigenvalue weighted by atomic mass is 10.1. The normalized spacial score (nSPS) is 14.4. The Bertz CT molecular complexity index is 439. The molecule has 2 aromatic heterocycles. The van der Waals surface area contributed by atoms with Gasteiger partial charge in [0.25, 0.3) is 0 Å². The van der Waals surface area contributed by atoms with Gasteiger partial charge in [0, 0.05) is 34.9 Å². The molecule has 0 aliphatic rings. The predicted octanol–water partition coefficient (Wildman–Crippen LogP) is 4.11. The maximum atomic E-state index is 5.49. The quantitative estimate of drug-likeness (QED) is 0.791. The molecule has 2 aromatic rings. The zero-order chi connectivity index (χ0) is 13.5. The molecule has 19 heavy (non-hydrogen) atoms. The summed E-state index contributed by atoms with van der Waals surface area (Å²) >= 11 is 3.65. The van der Waals surface area contributed by atoms with Crippen molar-refractivity contribution in [1.29, 1.82) is 0 Å². The van der Waals surface area contributed by atoms with Crippen molar-refractivity contribution in [2.75, 3.05) is 13.2 Å². The van der Waals surface area contributed by atoms with Crippen LogP contribution in [0, 0.1) is 0 Å². The number of ether oxygens (including phenoxy) is 1. The third-order valence-electron chi connectivity index (χ3n) is 2.93. The van der Waals surface area contributed by atoms with E-state index >= 15 is 0 Å². The van der Waals surface area contributed by atoms with Crippen LogP contribution < -0.4 is 5.32 Å². The predicted molar refractivity (Wildman–Crippen MR) is 84.2 cm³/mol. The smallest absolute Gasteiger partial charge is 0.0616 e. The first-order valence-corrected chi connectivity index (χ1v) is 8.45. The highest BCUT2D eigenvalue weighted by atomic mass is 32.1. The van der Waals surface area contributed by atoms with Crippen molar-refractivity contribution in [2.45, 2.75) is 32.4 Å². The third-order valence-corrected chi connectivity index (χ3v) is 4.81.